The normalized spacial score (nSPS) is 16.0. The summed E-state index contributed by atoms with van der Waals surface area (Å²) in [5.41, 5.74) is 1.74. The molecule has 2 aromatic rings. The fourth-order valence-corrected chi connectivity index (χ4v) is 3.52. The van der Waals surface area contributed by atoms with Crippen LogP contribution in [0.4, 0.5) is 0 Å². The molecule has 1 atom stereocenters. The molecule has 0 aliphatic carbocycles. The van der Waals surface area contributed by atoms with E-state index in [1.165, 1.54) is 24.1 Å². The van der Waals surface area contributed by atoms with E-state index in [-0.39, 0.29) is 23.5 Å². The SMILES string of the molecule is COC(=O)c1ccc(C(=O)N2C=CN(CCc3ccc(O)cc3)C(=O)C2C(C)C)cc1. The van der Waals surface area contributed by atoms with E-state index in [4.69, 9.17) is 0 Å². The van der Waals surface area contributed by atoms with Crippen LogP contribution in [0, 0.1) is 5.92 Å². The summed E-state index contributed by atoms with van der Waals surface area (Å²) in [6, 6.07) is 12.4. The van der Waals surface area contributed by atoms with Gasteiger partial charge in [0.1, 0.15) is 11.8 Å². The van der Waals surface area contributed by atoms with Gasteiger partial charge in [0, 0.05) is 24.5 Å². The summed E-state index contributed by atoms with van der Waals surface area (Å²) in [7, 11) is 1.30. The zero-order chi connectivity index (χ0) is 22.5. The number of phenolic OH excluding ortho intramolecular Hbond substituents is 1. The third kappa shape index (κ3) is 4.94. The molecule has 162 valence electrons. The van der Waals surface area contributed by atoms with Crippen LogP contribution in [0.1, 0.15) is 40.1 Å². The highest BCUT2D eigenvalue weighted by Crippen LogP contribution is 2.23. The van der Waals surface area contributed by atoms with E-state index in [0.29, 0.717) is 24.1 Å². The Morgan fingerprint density at radius 1 is 1.00 bits per heavy atom. The molecule has 31 heavy (non-hydrogen) atoms. The van der Waals surface area contributed by atoms with Gasteiger partial charge in [0.25, 0.3) is 5.91 Å². The van der Waals surface area contributed by atoms with Crippen molar-refractivity contribution in [1.29, 1.82) is 0 Å². The molecule has 2 amide bonds. The van der Waals surface area contributed by atoms with Crippen LogP contribution in [0.3, 0.4) is 0 Å². The molecule has 1 N–H and O–H groups in total. The molecule has 0 aromatic heterocycles. The minimum atomic E-state index is -0.627. The Bertz CT molecular complexity index is 980. The molecular formula is C24H26N2O5. The van der Waals surface area contributed by atoms with Crippen LogP contribution in [0.25, 0.3) is 0 Å². The summed E-state index contributed by atoms with van der Waals surface area (Å²) >= 11 is 0. The number of hydrogen-bond acceptors (Lipinski definition) is 5. The topological polar surface area (TPSA) is 87.2 Å². The van der Waals surface area contributed by atoms with Crippen LogP contribution in [0.15, 0.2) is 60.9 Å². The van der Waals surface area contributed by atoms with Crippen LogP contribution in [0.2, 0.25) is 0 Å². The molecule has 0 saturated carbocycles. The van der Waals surface area contributed by atoms with Crippen molar-refractivity contribution in [2.45, 2.75) is 26.3 Å². The van der Waals surface area contributed by atoms with Gasteiger partial charge in [-0.2, -0.15) is 0 Å². The summed E-state index contributed by atoms with van der Waals surface area (Å²) < 4.78 is 4.68. The fraction of sp³-hybridized carbons (Fsp3) is 0.292. The number of benzene rings is 2. The summed E-state index contributed by atoms with van der Waals surface area (Å²) in [6.07, 6.45) is 3.89. The lowest BCUT2D eigenvalue weighted by Gasteiger charge is -2.38. The van der Waals surface area contributed by atoms with Crippen LogP contribution in [-0.4, -0.2) is 52.4 Å². The van der Waals surface area contributed by atoms with E-state index >= 15 is 0 Å². The highest BCUT2D eigenvalue weighted by Gasteiger charge is 2.37. The molecule has 0 saturated heterocycles. The number of amides is 2. The van der Waals surface area contributed by atoms with Gasteiger partial charge in [0.05, 0.1) is 12.7 Å². The lowest BCUT2D eigenvalue weighted by atomic mass is 9.98. The average Bonchev–Trinajstić information content (AvgIpc) is 2.78. The number of rotatable bonds is 6. The predicted molar refractivity (Wildman–Crippen MR) is 115 cm³/mol. The zero-order valence-electron chi connectivity index (χ0n) is 17.8. The maximum atomic E-state index is 13.2. The Kier molecular flexibility index (Phi) is 6.74. The van der Waals surface area contributed by atoms with Crippen molar-refractivity contribution in [3.63, 3.8) is 0 Å². The molecule has 0 spiro atoms. The van der Waals surface area contributed by atoms with Gasteiger partial charge >= 0.3 is 5.97 Å². The maximum absolute atomic E-state index is 13.2. The van der Waals surface area contributed by atoms with Crippen molar-refractivity contribution in [2.24, 2.45) is 5.92 Å². The van der Waals surface area contributed by atoms with Crippen molar-refractivity contribution in [2.75, 3.05) is 13.7 Å². The Morgan fingerprint density at radius 3 is 2.19 bits per heavy atom. The van der Waals surface area contributed by atoms with Crippen molar-refractivity contribution < 1.29 is 24.2 Å². The predicted octanol–water partition coefficient (Wildman–Crippen LogP) is 3.20. The Labute approximate surface area is 181 Å². The minimum Gasteiger partial charge on any atom is -0.508 e. The summed E-state index contributed by atoms with van der Waals surface area (Å²) in [5, 5.41) is 9.41. The van der Waals surface area contributed by atoms with Gasteiger partial charge in [-0.1, -0.05) is 26.0 Å². The van der Waals surface area contributed by atoms with Gasteiger partial charge in [0.15, 0.2) is 0 Å². The molecule has 2 aromatic carbocycles. The Morgan fingerprint density at radius 2 is 1.61 bits per heavy atom. The standard InChI is InChI=1S/C24H26N2O5/c1-16(2)21-23(29)25(13-12-17-4-10-20(27)11-5-17)14-15-26(21)22(28)18-6-8-19(9-7-18)24(30)31-3/h4-11,14-16,21,27H,12-13H2,1-3H3. The van der Waals surface area contributed by atoms with Crippen molar-refractivity contribution in [3.05, 3.63) is 77.6 Å². The molecule has 1 aliphatic rings. The smallest absolute Gasteiger partial charge is 0.337 e. The number of nitrogens with zero attached hydrogens (tertiary/aromatic N) is 2. The first-order valence-corrected chi connectivity index (χ1v) is 10.1. The molecule has 1 aliphatic heterocycles. The maximum Gasteiger partial charge on any atom is 0.337 e. The first kappa shape index (κ1) is 22.1. The van der Waals surface area contributed by atoms with Crippen LogP contribution < -0.4 is 0 Å². The fourth-order valence-electron chi connectivity index (χ4n) is 3.52. The molecule has 3 rings (SSSR count). The van der Waals surface area contributed by atoms with Crippen LogP contribution >= 0.6 is 0 Å². The van der Waals surface area contributed by atoms with E-state index in [2.05, 4.69) is 4.74 Å². The van der Waals surface area contributed by atoms with Gasteiger partial charge < -0.3 is 19.6 Å². The third-order valence-corrected chi connectivity index (χ3v) is 5.24. The number of phenols is 1. The molecule has 1 heterocycles. The molecule has 7 heteroatoms. The quantitative estimate of drug-likeness (QED) is 0.723. The molecule has 0 radical (unpaired) electrons. The first-order valence-electron chi connectivity index (χ1n) is 10.1. The minimum absolute atomic E-state index is 0.0908. The second-order valence-corrected chi connectivity index (χ2v) is 7.72. The van der Waals surface area contributed by atoms with Crippen LogP contribution in [-0.2, 0) is 16.0 Å². The number of ether oxygens (including phenoxy) is 1. The second-order valence-electron chi connectivity index (χ2n) is 7.72. The average molecular weight is 422 g/mol. The molecule has 1 unspecified atom stereocenters. The second kappa shape index (κ2) is 9.47. The van der Waals surface area contributed by atoms with E-state index in [1.807, 2.05) is 26.0 Å². The lowest BCUT2D eigenvalue weighted by molar-refractivity contribution is -0.135. The Balaban J connectivity index is 1.76. The summed E-state index contributed by atoms with van der Waals surface area (Å²) in [4.78, 5) is 40.9. The van der Waals surface area contributed by atoms with E-state index < -0.39 is 12.0 Å². The third-order valence-electron chi connectivity index (χ3n) is 5.24. The van der Waals surface area contributed by atoms with Gasteiger partial charge in [-0.3, -0.25) is 9.59 Å². The van der Waals surface area contributed by atoms with E-state index in [0.717, 1.165) is 5.56 Å². The number of methoxy groups -OCH3 is 1. The van der Waals surface area contributed by atoms with Crippen molar-refractivity contribution in [3.8, 4) is 5.75 Å². The van der Waals surface area contributed by atoms with Crippen molar-refractivity contribution >= 4 is 17.8 Å². The number of hydrogen-bond donors (Lipinski definition) is 1. The highest BCUT2D eigenvalue weighted by atomic mass is 16.5. The molecule has 7 nitrogen and oxygen atoms in total. The number of carbonyl (C=O) groups excluding carboxylic acids is 3. The van der Waals surface area contributed by atoms with Gasteiger partial charge in [-0.15, -0.1) is 0 Å². The monoisotopic (exact) mass is 422 g/mol. The lowest BCUT2D eigenvalue weighted by Crippen LogP contribution is -2.53. The molecule has 0 fully saturated rings. The van der Waals surface area contributed by atoms with Crippen LogP contribution in [0.5, 0.6) is 5.75 Å². The largest absolute Gasteiger partial charge is 0.508 e. The summed E-state index contributed by atoms with van der Waals surface area (Å²) in [6.45, 7) is 4.28. The highest BCUT2D eigenvalue weighted by molar-refractivity contribution is 6.00. The first-order chi connectivity index (χ1) is 14.8. The van der Waals surface area contributed by atoms with Gasteiger partial charge in [-0.05, 0) is 54.3 Å². The zero-order valence-corrected chi connectivity index (χ0v) is 17.8. The molecular weight excluding hydrogens is 396 g/mol. The Hall–Kier alpha value is -3.61. The summed E-state index contributed by atoms with van der Waals surface area (Å²) in [5.74, 6) is -0.816. The number of carbonyl (C=O) groups is 3. The van der Waals surface area contributed by atoms with Gasteiger partial charge in [0.2, 0.25) is 5.91 Å². The molecule has 0 bridgehead atoms. The van der Waals surface area contributed by atoms with Gasteiger partial charge in [-0.25, -0.2) is 4.79 Å². The number of esters is 1. The number of aromatic hydroxyl groups is 1. The van der Waals surface area contributed by atoms with E-state index in [1.54, 1.807) is 41.6 Å². The van der Waals surface area contributed by atoms with Crippen molar-refractivity contribution in [1.82, 2.24) is 9.80 Å². The van der Waals surface area contributed by atoms with E-state index in [9.17, 15) is 19.5 Å².